The lowest BCUT2D eigenvalue weighted by Crippen LogP contribution is -2.17. The molecule has 0 amide bonds. The van der Waals surface area contributed by atoms with Gasteiger partial charge in [-0.3, -0.25) is 0 Å². The van der Waals surface area contributed by atoms with Gasteiger partial charge < -0.3 is 4.57 Å². The van der Waals surface area contributed by atoms with Crippen LogP contribution in [0.5, 0.6) is 0 Å². The van der Waals surface area contributed by atoms with Gasteiger partial charge in [-0.2, -0.15) is 0 Å². The minimum atomic E-state index is 0.391. The number of fused-ring (bicyclic) bond motifs is 1. The zero-order chi connectivity index (χ0) is 14.0. The van der Waals surface area contributed by atoms with Gasteiger partial charge in [0.2, 0.25) is 0 Å². The zero-order valence-corrected chi connectivity index (χ0v) is 12.9. The standard InChI is InChI=1S/C15H22ClN3/c1-5-10(2)12(4)19-13(6-8-16)18-14-11(3)7-9-17-15(14)19/h7,9-10,12H,5-6,8H2,1-4H3. The predicted octanol–water partition coefficient (Wildman–Crippen LogP) is 4.13. The van der Waals surface area contributed by atoms with Crippen LogP contribution in [-0.4, -0.2) is 20.4 Å². The SMILES string of the molecule is CCC(C)C(C)n1c(CCCl)nc2c(C)ccnc21. The van der Waals surface area contributed by atoms with E-state index < -0.39 is 0 Å². The fourth-order valence-corrected chi connectivity index (χ4v) is 2.61. The lowest BCUT2D eigenvalue weighted by molar-refractivity contribution is 0.368. The van der Waals surface area contributed by atoms with Gasteiger partial charge >= 0.3 is 0 Å². The van der Waals surface area contributed by atoms with Gasteiger partial charge in [-0.1, -0.05) is 20.3 Å². The van der Waals surface area contributed by atoms with Crippen LogP contribution in [0.1, 0.15) is 44.6 Å². The Morgan fingerprint density at radius 2 is 2.11 bits per heavy atom. The number of nitrogens with zero attached hydrogens (tertiary/aromatic N) is 3. The molecule has 3 nitrogen and oxygen atoms in total. The maximum absolute atomic E-state index is 5.92. The van der Waals surface area contributed by atoms with Crippen LogP contribution in [0.4, 0.5) is 0 Å². The zero-order valence-electron chi connectivity index (χ0n) is 12.2. The fraction of sp³-hybridized carbons (Fsp3) is 0.600. The highest BCUT2D eigenvalue weighted by atomic mass is 35.5. The van der Waals surface area contributed by atoms with E-state index in [-0.39, 0.29) is 0 Å². The lowest BCUT2D eigenvalue weighted by atomic mass is 10.0. The summed E-state index contributed by atoms with van der Waals surface area (Å²) in [4.78, 5) is 9.30. The smallest absolute Gasteiger partial charge is 0.160 e. The topological polar surface area (TPSA) is 30.7 Å². The van der Waals surface area contributed by atoms with Crippen molar-refractivity contribution in [3.8, 4) is 0 Å². The van der Waals surface area contributed by atoms with E-state index in [9.17, 15) is 0 Å². The van der Waals surface area contributed by atoms with Crippen molar-refractivity contribution in [1.82, 2.24) is 14.5 Å². The molecule has 104 valence electrons. The maximum Gasteiger partial charge on any atom is 0.160 e. The van der Waals surface area contributed by atoms with Crippen LogP contribution >= 0.6 is 11.6 Å². The summed E-state index contributed by atoms with van der Waals surface area (Å²) < 4.78 is 2.28. The van der Waals surface area contributed by atoms with Crippen molar-refractivity contribution in [3.05, 3.63) is 23.7 Å². The maximum atomic E-state index is 5.92. The van der Waals surface area contributed by atoms with Gasteiger partial charge in [-0.15, -0.1) is 11.6 Å². The summed E-state index contributed by atoms with van der Waals surface area (Å²) in [7, 11) is 0. The molecule has 0 radical (unpaired) electrons. The number of rotatable bonds is 5. The second-order valence-electron chi connectivity index (χ2n) is 5.26. The lowest BCUT2D eigenvalue weighted by Gasteiger charge is -2.22. The highest BCUT2D eigenvalue weighted by Crippen LogP contribution is 2.28. The molecule has 0 aliphatic heterocycles. The van der Waals surface area contributed by atoms with E-state index in [2.05, 4.69) is 37.2 Å². The molecule has 0 aliphatic carbocycles. The van der Waals surface area contributed by atoms with Crippen LogP contribution in [0, 0.1) is 12.8 Å². The molecule has 2 heterocycles. The number of hydrogen-bond acceptors (Lipinski definition) is 2. The summed E-state index contributed by atoms with van der Waals surface area (Å²) in [6.07, 6.45) is 3.80. The number of pyridine rings is 1. The molecule has 0 fully saturated rings. The van der Waals surface area contributed by atoms with Crippen LogP contribution < -0.4 is 0 Å². The largest absolute Gasteiger partial charge is 0.310 e. The predicted molar refractivity (Wildman–Crippen MR) is 80.9 cm³/mol. The molecule has 0 aromatic carbocycles. The second kappa shape index (κ2) is 5.91. The van der Waals surface area contributed by atoms with Crippen LogP contribution in [0.25, 0.3) is 11.2 Å². The van der Waals surface area contributed by atoms with Crippen LogP contribution in [0.2, 0.25) is 0 Å². The van der Waals surface area contributed by atoms with Crippen LogP contribution in [0.15, 0.2) is 12.3 Å². The van der Waals surface area contributed by atoms with Gasteiger partial charge in [0.15, 0.2) is 5.65 Å². The molecule has 0 aliphatic rings. The Hall–Kier alpha value is -1.09. The number of hydrogen-bond donors (Lipinski definition) is 0. The summed E-state index contributed by atoms with van der Waals surface area (Å²) in [5, 5.41) is 0. The third-order valence-corrected chi connectivity index (χ3v) is 4.24. The molecule has 2 atom stereocenters. The number of alkyl halides is 1. The molecule has 0 saturated heterocycles. The molecule has 2 aromatic rings. The Morgan fingerprint density at radius 3 is 2.74 bits per heavy atom. The highest BCUT2D eigenvalue weighted by Gasteiger charge is 2.20. The average Bonchev–Trinajstić information content (AvgIpc) is 2.77. The fourth-order valence-electron chi connectivity index (χ4n) is 2.44. The summed E-state index contributed by atoms with van der Waals surface area (Å²) >= 11 is 5.92. The van der Waals surface area contributed by atoms with Crippen molar-refractivity contribution in [2.24, 2.45) is 5.92 Å². The van der Waals surface area contributed by atoms with Gasteiger partial charge in [0.25, 0.3) is 0 Å². The first-order chi connectivity index (χ1) is 9.10. The van der Waals surface area contributed by atoms with E-state index in [4.69, 9.17) is 16.6 Å². The molecule has 2 rings (SSSR count). The Bertz CT molecular complexity index is 562. The normalized spacial score (nSPS) is 14.8. The van der Waals surface area contributed by atoms with E-state index >= 15 is 0 Å². The summed E-state index contributed by atoms with van der Waals surface area (Å²) in [6.45, 7) is 8.83. The Kier molecular flexibility index (Phi) is 4.46. The van der Waals surface area contributed by atoms with Gasteiger partial charge in [0.1, 0.15) is 11.3 Å². The minimum Gasteiger partial charge on any atom is -0.310 e. The van der Waals surface area contributed by atoms with Crippen molar-refractivity contribution in [2.45, 2.75) is 46.6 Å². The molecule has 0 saturated carbocycles. The van der Waals surface area contributed by atoms with Crippen LogP contribution in [-0.2, 0) is 6.42 Å². The van der Waals surface area contributed by atoms with Crippen molar-refractivity contribution in [3.63, 3.8) is 0 Å². The van der Waals surface area contributed by atoms with Gasteiger partial charge in [-0.05, 0) is 31.4 Å². The first-order valence-corrected chi connectivity index (χ1v) is 7.52. The average molecular weight is 280 g/mol. The summed E-state index contributed by atoms with van der Waals surface area (Å²) in [5.74, 6) is 2.24. The number of halogens is 1. The van der Waals surface area contributed by atoms with Crippen molar-refractivity contribution in [2.75, 3.05) is 5.88 Å². The van der Waals surface area contributed by atoms with E-state index in [0.29, 0.717) is 17.8 Å². The monoisotopic (exact) mass is 279 g/mol. The Balaban J connectivity index is 2.61. The molecule has 4 heteroatoms. The summed E-state index contributed by atoms with van der Waals surface area (Å²) in [5.41, 5.74) is 3.18. The van der Waals surface area contributed by atoms with Crippen LogP contribution in [0.3, 0.4) is 0 Å². The summed E-state index contributed by atoms with van der Waals surface area (Å²) in [6, 6.07) is 2.40. The van der Waals surface area contributed by atoms with Crippen molar-refractivity contribution >= 4 is 22.8 Å². The third-order valence-electron chi connectivity index (χ3n) is 4.05. The van der Waals surface area contributed by atoms with E-state index in [1.54, 1.807) is 0 Å². The Morgan fingerprint density at radius 1 is 1.37 bits per heavy atom. The van der Waals surface area contributed by atoms with E-state index in [0.717, 1.165) is 29.8 Å². The molecule has 19 heavy (non-hydrogen) atoms. The van der Waals surface area contributed by atoms with E-state index in [1.807, 2.05) is 12.3 Å². The number of aromatic nitrogens is 3. The van der Waals surface area contributed by atoms with Crippen molar-refractivity contribution in [1.29, 1.82) is 0 Å². The second-order valence-corrected chi connectivity index (χ2v) is 5.64. The first-order valence-electron chi connectivity index (χ1n) is 6.98. The number of aryl methyl sites for hydroxylation is 2. The molecule has 0 bridgehead atoms. The molecular formula is C15H22ClN3. The molecule has 2 unspecified atom stereocenters. The van der Waals surface area contributed by atoms with Gasteiger partial charge in [0.05, 0.1) is 0 Å². The molecule has 0 N–H and O–H groups in total. The molecule has 2 aromatic heterocycles. The molecular weight excluding hydrogens is 258 g/mol. The Labute approximate surface area is 120 Å². The quantitative estimate of drug-likeness (QED) is 0.771. The van der Waals surface area contributed by atoms with Gasteiger partial charge in [0, 0.05) is 24.5 Å². The minimum absolute atomic E-state index is 0.391. The first kappa shape index (κ1) is 14.3. The number of imidazole rings is 1. The molecule has 0 spiro atoms. The van der Waals surface area contributed by atoms with Gasteiger partial charge in [-0.25, -0.2) is 9.97 Å². The van der Waals surface area contributed by atoms with Crippen molar-refractivity contribution < 1.29 is 0 Å². The third kappa shape index (κ3) is 2.62. The highest BCUT2D eigenvalue weighted by molar-refractivity contribution is 6.17. The van der Waals surface area contributed by atoms with E-state index in [1.165, 1.54) is 5.56 Å².